The van der Waals surface area contributed by atoms with E-state index >= 15 is 0 Å². The summed E-state index contributed by atoms with van der Waals surface area (Å²) in [6.07, 6.45) is 45.9. The third-order valence-corrected chi connectivity index (χ3v) is 10.0. The van der Waals surface area contributed by atoms with Crippen LogP contribution in [0.1, 0.15) is 194 Å². The molecule has 44 heavy (non-hydrogen) atoms. The summed E-state index contributed by atoms with van der Waals surface area (Å²) in [4.78, 5) is 0. The van der Waals surface area contributed by atoms with Gasteiger partial charge in [0.1, 0.15) is 0 Å². The molecule has 0 rings (SSSR count). The molecule has 0 saturated carbocycles. The number of alkyl halides is 1. The van der Waals surface area contributed by atoms with Crippen LogP contribution in [0.15, 0.2) is 24.3 Å². The van der Waals surface area contributed by atoms with Gasteiger partial charge in [0.15, 0.2) is 0 Å². The number of unbranched alkanes of at least 4 members (excludes halogenated alkanes) is 26. The molecule has 0 aliphatic rings. The average molecular weight is 706 g/mol. The maximum atomic E-state index is 12.9. The molecule has 0 amide bonds. The monoisotopic (exact) mass is 704 g/mol. The van der Waals surface area contributed by atoms with Crippen LogP contribution in [0.3, 0.4) is 0 Å². The number of hydrogen-bond acceptors (Lipinski definition) is 4. The highest BCUT2D eigenvalue weighted by Crippen LogP contribution is 2.49. The lowest BCUT2D eigenvalue weighted by atomic mass is 10.0. The summed E-state index contributed by atoms with van der Waals surface area (Å²) in [5.74, 6) is 0. The van der Waals surface area contributed by atoms with E-state index in [0.717, 1.165) is 12.8 Å². The molecular formula is C38H74BrO4P. The summed E-state index contributed by atoms with van der Waals surface area (Å²) >= 11 is 3.32. The first kappa shape index (κ1) is 44.1. The third kappa shape index (κ3) is 34.9. The lowest BCUT2D eigenvalue weighted by Crippen LogP contribution is -2.02. The maximum absolute atomic E-state index is 12.9. The van der Waals surface area contributed by atoms with Crippen molar-refractivity contribution in [2.24, 2.45) is 0 Å². The minimum atomic E-state index is -3.55. The molecule has 0 saturated heterocycles. The van der Waals surface area contributed by atoms with Gasteiger partial charge in [0, 0.05) is 5.33 Å². The lowest BCUT2D eigenvalue weighted by molar-refractivity contribution is 0.137. The van der Waals surface area contributed by atoms with Gasteiger partial charge in [0.05, 0.1) is 19.8 Å². The highest BCUT2D eigenvalue weighted by Gasteiger charge is 2.25. The van der Waals surface area contributed by atoms with E-state index in [2.05, 4.69) is 41.9 Å². The zero-order chi connectivity index (χ0) is 32.1. The minimum absolute atomic E-state index is 0.251. The van der Waals surface area contributed by atoms with E-state index in [1.807, 2.05) is 12.2 Å². The van der Waals surface area contributed by atoms with Crippen molar-refractivity contribution in [1.82, 2.24) is 0 Å². The zero-order valence-corrected chi connectivity index (χ0v) is 31.9. The Kier molecular flexibility index (Phi) is 37.6. The van der Waals surface area contributed by atoms with E-state index in [0.29, 0.717) is 11.9 Å². The summed E-state index contributed by atoms with van der Waals surface area (Å²) in [5.41, 5.74) is 0. The summed E-state index contributed by atoms with van der Waals surface area (Å²) < 4.78 is 29.5. The molecule has 0 spiro atoms. The van der Waals surface area contributed by atoms with Crippen LogP contribution in [0.2, 0.25) is 0 Å². The van der Waals surface area contributed by atoms with Crippen molar-refractivity contribution in [2.45, 2.75) is 194 Å². The first-order chi connectivity index (χ1) is 21.7. The molecule has 0 radical (unpaired) electrons. The van der Waals surface area contributed by atoms with Crippen LogP contribution in [-0.4, -0.2) is 25.2 Å². The molecule has 0 aromatic heterocycles. The third-order valence-electron chi connectivity index (χ3n) is 8.27. The SMILES string of the molecule is CCCCCCCCCCCCCCC/C=C/COP(=O)(OC/C=C/CCCCCCCCCCCCCCC)OCCBr. The molecule has 0 fully saturated rings. The minimum Gasteiger partial charge on any atom is -0.286 e. The quantitative estimate of drug-likeness (QED) is 0.0279. The molecule has 262 valence electrons. The van der Waals surface area contributed by atoms with E-state index < -0.39 is 7.82 Å². The molecule has 0 aliphatic carbocycles. The second-order valence-corrected chi connectivity index (χ2v) is 15.0. The summed E-state index contributed by atoms with van der Waals surface area (Å²) in [6.45, 7) is 5.36. The Morgan fingerprint density at radius 1 is 0.432 bits per heavy atom. The van der Waals surface area contributed by atoms with Crippen molar-refractivity contribution in [3.8, 4) is 0 Å². The van der Waals surface area contributed by atoms with E-state index in [1.54, 1.807) is 0 Å². The highest BCUT2D eigenvalue weighted by atomic mass is 79.9. The molecule has 6 heteroatoms. The van der Waals surface area contributed by atoms with Crippen LogP contribution in [-0.2, 0) is 18.1 Å². The Morgan fingerprint density at radius 3 is 1.02 bits per heavy atom. The Hall–Kier alpha value is 0.0700. The topological polar surface area (TPSA) is 44.8 Å². The normalized spacial score (nSPS) is 12.3. The summed E-state index contributed by atoms with van der Waals surface area (Å²) in [7, 11) is -3.55. The number of phosphoric acid groups is 1. The fourth-order valence-electron chi connectivity index (χ4n) is 5.46. The van der Waals surface area contributed by atoms with Gasteiger partial charge >= 0.3 is 7.82 Å². The second kappa shape index (κ2) is 37.5. The number of allylic oxidation sites excluding steroid dienone is 2. The molecule has 0 bridgehead atoms. The molecule has 0 atom stereocenters. The van der Waals surface area contributed by atoms with Gasteiger partial charge < -0.3 is 0 Å². The summed E-state index contributed by atoms with van der Waals surface area (Å²) in [5, 5.41) is 0.591. The smallest absolute Gasteiger partial charge is 0.286 e. The van der Waals surface area contributed by atoms with Crippen molar-refractivity contribution >= 4 is 23.8 Å². The molecule has 0 aromatic carbocycles. The Balaban J connectivity index is 3.72. The molecule has 0 aromatic rings. The van der Waals surface area contributed by atoms with Crippen LogP contribution in [0, 0.1) is 0 Å². The number of hydrogen-bond donors (Lipinski definition) is 0. The van der Waals surface area contributed by atoms with E-state index in [1.165, 1.54) is 167 Å². The number of halogens is 1. The van der Waals surface area contributed by atoms with Gasteiger partial charge in [-0.1, -0.05) is 208 Å². The molecule has 0 heterocycles. The van der Waals surface area contributed by atoms with Crippen LogP contribution >= 0.6 is 23.8 Å². The van der Waals surface area contributed by atoms with Crippen LogP contribution in [0.5, 0.6) is 0 Å². The zero-order valence-electron chi connectivity index (χ0n) is 29.4. The van der Waals surface area contributed by atoms with Gasteiger partial charge in [0.2, 0.25) is 0 Å². The Morgan fingerprint density at radius 2 is 0.727 bits per heavy atom. The van der Waals surface area contributed by atoms with Gasteiger partial charge in [-0.15, -0.1) is 0 Å². The van der Waals surface area contributed by atoms with Crippen LogP contribution in [0.25, 0.3) is 0 Å². The van der Waals surface area contributed by atoms with Gasteiger partial charge in [0.25, 0.3) is 0 Å². The number of phosphoric ester groups is 1. The first-order valence-corrected chi connectivity index (χ1v) is 21.7. The second-order valence-electron chi connectivity index (χ2n) is 12.6. The highest BCUT2D eigenvalue weighted by molar-refractivity contribution is 9.09. The lowest BCUT2D eigenvalue weighted by Gasteiger charge is -2.15. The van der Waals surface area contributed by atoms with Crippen LogP contribution in [0.4, 0.5) is 0 Å². The number of rotatable bonds is 37. The van der Waals surface area contributed by atoms with E-state index in [-0.39, 0.29) is 13.2 Å². The molecule has 0 unspecified atom stereocenters. The largest absolute Gasteiger partial charge is 0.475 e. The van der Waals surface area contributed by atoms with Gasteiger partial charge in [-0.2, -0.15) is 0 Å². The van der Waals surface area contributed by atoms with Crippen molar-refractivity contribution in [1.29, 1.82) is 0 Å². The summed E-state index contributed by atoms with van der Waals surface area (Å²) in [6, 6.07) is 0. The van der Waals surface area contributed by atoms with Gasteiger partial charge in [-0.3, -0.25) is 13.6 Å². The molecule has 0 aliphatic heterocycles. The molecule has 4 nitrogen and oxygen atoms in total. The average Bonchev–Trinajstić information content (AvgIpc) is 3.03. The van der Waals surface area contributed by atoms with Crippen molar-refractivity contribution in [2.75, 3.05) is 25.2 Å². The maximum Gasteiger partial charge on any atom is 0.475 e. The predicted molar refractivity (Wildman–Crippen MR) is 198 cm³/mol. The first-order valence-electron chi connectivity index (χ1n) is 19.1. The van der Waals surface area contributed by atoms with Gasteiger partial charge in [-0.25, -0.2) is 4.57 Å². The predicted octanol–water partition coefficient (Wildman–Crippen LogP) is 14.6. The van der Waals surface area contributed by atoms with E-state index in [4.69, 9.17) is 13.6 Å². The Labute approximate surface area is 284 Å². The van der Waals surface area contributed by atoms with Gasteiger partial charge in [-0.05, 0) is 25.7 Å². The Bertz CT molecular complexity index is 607. The standard InChI is InChI=1S/C38H74BrO4P/c1-3-5-7-9-11-13-15-17-19-21-23-25-27-29-31-33-36-41-44(40,43-38-35-39)42-37-34-32-30-28-26-24-22-20-18-16-14-12-10-8-6-4-2/h31-34H,3-30,35-38H2,1-2H3/b33-31+,34-32+. The fourth-order valence-corrected chi connectivity index (χ4v) is 6.95. The van der Waals surface area contributed by atoms with Crippen molar-refractivity contribution in [3.05, 3.63) is 24.3 Å². The van der Waals surface area contributed by atoms with Crippen LogP contribution < -0.4 is 0 Å². The molecule has 0 N–H and O–H groups in total. The fraction of sp³-hybridized carbons (Fsp3) is 0.895. The molecular weight excluding hydrogens is 631 g/mol. The van der Waals surface area contributed by atoms with Crippen molar-refractivity contribution in [3.63, 3.8) is 0 Å². The van der Waals surface area contributed by atoms with E-state index in [9.17, 15) is 4.57 Å². The van der Waals surface area contributed by atoms with Crippen molar-refractivity contribution < 1.29 is 18.1 Å².